The molecule has 1 atom stereocenters. The van der Waals surface area contributed by atoms with E-state index in [4.69, 9.17) is 27.6 Å². The van der Waals surface area contributed by atoms with Crippen molar-refractivity contribution in [3.05, 3.63) is 40.0 Å². The normalized spacial score (nSPS) is 12.9. The summed E-state index contributed by atoms with van der Waals surface area (Å²) in [6.07, 6.45) is 2.64. The summed E-state index contributed by atoms with van der Waals surface area (Å²) in [6.45, 7) is 2.95. The van der Waals surface area contributed by atoms with Crippen LogP contribution in [0.3, 0.4) is 0 Å². The highest BCUT2D eigenvalue weighted by molar-refractivity contribution is 6.31. The zero-order valence-electron chi connectivity index (χ0n) is 10.3. The van der Waals surface area contributed by atoms with Gasteiger partial charge in [-0.25, -0.2) is 0 Å². The Morgan fingerprint density at radius 2 is 2.22 bits per heavy atom. The summed E-state index contributed by atoms with van der Waals surface area (Å²) in [5, 5.41) is 8.51. The Hall–Kier alpha value is -0.970. The van der Waals surface area contributed by atoms with Crippen LogP contribution in [0.2, 0.25) is 10.2 Å². The van der Waals surface area contributed by atoms with Gasteiger partial charge in [0.15, 0.2) is 5.22 Å². The maximum absolute atomic E-state index is 6.18. The van der Waals surface area contributed by atoms with E-state index in [9.17, 15) is 0 Å². The highest BCUT2D eigenvalue weighted by Crippen LogP contribution is 2.30. The zero-order chi connectivity index (χ0) is 13.1. The largest absolute Gasteiger partial charge is 0.448 e. The number of aromatic nitrogens is 2. The highest BCUT2D eigenvalue weighted by Gasteiger charge is 2.23. The Kier molecular flexibility index (Phi) is 4.32. The van der Waals surface area contributed by atoms with Crippen molar-refractivity contribution < 1.29 is 4.42 Å². The number of hydrogen-bond acceptors (Lipinski definition) is 3. The fourth-order valence-corrected chi connectivity index (χ4v) is 2.28. The molecule has 0 aliphatic rings. The third-order valence-electron chi connectivity index (χ3n) is 2.69. The van der Waals surface area contributed by atoms with E-state index in [0.29, 0.717) is 10.2 Å². The Morgan fingerprint density at radius 3 is 2.72 bits per heavy atom. The molecule has 2 heterocycles. The highest BCUT2D eigenvalue weighted by atomic mass is 35.5. The lowest BCUT2D eigenvalue weighted by molar-refractivity contribution is 0.433. The topological polar surface area (TPSA) is 43.0 Å². The zero-order valence-corrected chi connectivity index (χ0v) is 11.8. The molecule has 0 radical (unpaired) electrons. The molecule has 4 nitrogen and oxygen atoms in total. The number of aryl methyl sites for hydroxylation is 1. The van der Waals surface area contributed by atoms with Gasteiger partial charge < -0.3 is 9.73 Å². The van der Waals surface area contributed by atoms with Crippen molar-refractivity contribution >= 4 is 23.2 Å². The summed E-state index contributed by atoms with van der Waals surface area (Å²) < 4.78 is 7.22. The number of hydrogen-bond donors (Lipinski definition) is 1. The number of furan rings is 1. The minimum Gasteiger partial charge on any atom is -0.448 e. The second kappa shape index (κ2) is 5.78. The first-order chi connectivity index (χ1) is 8.63. The van der Waals surface area contributed by atoms with Crippen molar-refractivity contribution in [2.75, 3.05) is 6.54 Å². The molecule has 18 heavy (non-hydrogen) atoms. The summed E-state index contributed by atoms with van der Waals surface area (Å²) in [7, 11) is 1.85. The van der Waals surface area contributed by atoms with Crippen molar-refractivity contribution in [1.29, 1.82) is 0 Å². The third-order valence-corrected chi connectivity index (χ3v) is 3.18. The van der Waals surface area contributed by atoms with Crippen molar-refractivity contribution in [3.8, 4) is 0 Å². The van der Waals surface area contributed by atoms with E-state index in [0.717, 1.165) is 24.4 Å². The predicted octanol–water partition coefficient (Wildman–Crippen LogP) is 3.41. The molecular formula is C12H15Cl2N3O. The van der Waals surface area contributed by atoms with Gasteiger partial charge in [-0.1, -0.05) is 18.5 Å². The number of rotatable bonds is 5. The van der Waals surface area contributed by atoms with Gasteiger partial charge in [-0.3, -0.25) is 4.68 Å². The van der Waals surface area contributed by atoms with Crippen LogP contribution in [0.5, 0.6) is 0 Å². The van der Waals surface area contributed by atoms with Crippen molar-refractivity contribution in [3.63, 3.8) is 0 Å². The molecule has 1 unspecified atom stereocenters. The molecule has 98 valence electrons. The van der Waals surface area contributed by atoms with Gasteiger partial charge in [-0.15, -0.1) is 0 Å². The van der Waals surface area contributed by atoms with Crippen LogP contribution < -0.4 is 5.32 Å². The molecule has 0 fully saturated rings. The minimum atomic E-state index is -0.141. The van der Waals surface area contributed by atoms with Crippen LogP contribution in [-0.4, -0.2) is 16.3 Å². The predicted molar refractivity (Wildman–Crippen MR) is 72.1 cm³/mol. The van der Waals surface area contributed by atoms with E-state index in [-0.39, 0.29) is 6.04 Å². The summed E-state index contributed by atoms with van der Waals surface area (Å²) in [5.41, 5.74) is 0.871. The maximum atomic E-state index is 6.18. The fraction of sp³-hybridized carbons (Fsp3) is 0.417. The molecule has 2 rings (SSSR count). The van der Waals surface area contributed by atoms with E-state index in [1.165, 1.54) is 0 Å². The van der Waals surface area contributed by atoms with Gasteiger partial charge in [0, 0.05) is 7.05 Å². The van der Waals surface area contributed by atoms with Gasteiger partial charge in [-0.05, 0) is 36.7 Å². The molecular weight excluding hydrogens is 273 g/mol. The molecule has 0 aliphatic carbocycles. The molecule has 6 heteroatoms. The van der Waals surface area contributed by atoms with Crippen LogP contribution in [0.4, 0.5) is 0 Å². The number of nitrogens with one attached hydrogen (secondary N) is 1. The molecule has 0 saturated carbocycles. The standard InChI is InChI=1S/C12H15Cl2N3O/c1-3-6-15-11(9-4-5-10(14)18-9)12-8(13)7-16-17(12)2/h4-5,7,11,15H,3,6H2,1-2H3. The molecule has 0 saturated heterocycles. The fourth-order valence-electron chi connectivity index (χ4n) is 1.85. The van der Waals surface area contributed by atoms with Crippen LogP contribution in [0.1, 0.15) is 30.8 Å². The Morgan fingerprint density at radius 1 is 1.44 bits per heavy atom. The second-order valence-corrected chi connectivity index (χ2v) is 4.81. The lowest BCUT2D eigenvalue weighted by atomic mass is 10.1. The molecule has 1 N–H and O–H groups in total. The molecule has 2 aromatic rings. The Bertz CT molecular complexity index is 502. The van der Waals surface area contributed by atoms with Crippen LogP contribution in [0, 0.1) is 0 Å². The van der Waals surface area contributed by atoms with Gasteiger partial charge in [-0.2, -0.15) is 5.10 Å². The van der Waals surface area contributed by atoms with Gasteiger partial charge in [0.2, 0.25) is 0 Å². The monoisotopic (exact) mass is 287 g/mol. The smallest absolute Gasteiger partial charge is 0.193 e. The molecule has 0 aromatic carbocycles. The quantitative estimate of drug-likeness (QED) is 0.916. The van der Waals surface area contributed by atoms with Crippen LogP contribution in [-0.2, 0) is 7.05 Å². The molecule has 0 bridgehead atoms. The number of nitrogens with zero attached hydrogens (tertiary/aromatic N) is 2. The lowest BCUT2D eigenvalue weighted by Gasteiger charge is -2.17. The van der Waals surface area contributed by atoms with Crippen LogP contribution in [0.15, 0.2) is 22.7 Å². The van der Waals surface area contributed by atoms with Gasteiger partial charge in [0.05, 0.1) is 16.9 Å². The van der Waals surface area contributed by atoms with Gasteiger partial charge in [0.25, 0.3) is 0 Å². The van der Waals surface area contributed by atoms with Crippen LogP contribution in [0.25, 0.3) is 0 Å². The molecule has 2 aromatic heterocycles. The lowest BCUT2D eigenvalue weighted by Crippen LogP contribution is -2.25. The van der Waals surface area contributed by atoms with E-state index < -0.39 is 0 Å². The SMILES string of the molecule is CCCNC(c1ccc(Cl)o1)c1c(Cl)cnn1C. The van der Waals surface area contributed by atoms with E-state index in [2.05, 4.69) is 17.3 Å². The summed E-state index contributed by atoms with van der Waals surface area (Å²) in [6, 6.07) is 3.43. The van der Waals surface area contributed by atoms with Crippen molar-refractivity contribution in [2.24, 2.45) is 7.05 Å². The number of halogens is 2. The first kappa shape index (κ1) is 13.5. The van der Waals surface area contributed by atoms with E-state index >= 15 is 0 Å². The summed E-state index contributed by atoms with van der Waals surface area (Å²) in [5.74, 6) is 0.735. The Balaban J connectivity index is 2.36. The minimum absolute atomic E-state index is 0.141. The Labute approximate surface area is 116 Å². The van der Waals surface area contributed by atoms with Crippen molar-refractivity contribution in [1.82, 2.24) is 15.1 Å². The van der Waals surface area contributed by atoms with Gasteiger partial charge >= 0.3 is 0 Å². The third kappa shape index (κ3) is 2.71. The van der Waals surface area contributed by atoms with Crippen LogP contribution >= 0.6 is 23.2 Å². The van der Waals surface area contributed by atoms with Crippen molar-refractivity contribution in [2.45, 2.75) is 19.4 Å². The molecule has 0 spiro atoms. The van der Waals surface area contributed by atoms with E-state index in [1.807, 2.05) is 13.1 Å². The molecule has 0 amide bonds. The summed E-state index contributed by atoms with van der Waals surface area (Å²) >= 11 is 12.0. The first-order valence-corrected chi connectivity index (χ1v) is 6.55. The second-order valence-electron chi connectivity index (χ2n) is 4.03. The summed E-state index contributed by atoms with van der Waals surface area (Å²) in [4.78, 5) is 0. The molecule has 0 aliphatic heterocycles. The first-order valence-electron chi connectivity index (χ1n) is 5.79. The van der Waals surface area contributed by atoms with Gasteiger partial charge in [0.1, 0.15) is 11.8 Å². The maximum Gasteiger partial charge on any atom is 0.193 e. The average molecular weight is 288 g/mol. The average Bonchev–Trinajstić information content (AvgIpc) is 2.90. The van der Waals surface area contributed by atoms with E-state index in [1.54, 1.807) is 16.9 Å².